The normalized spacial score (nSPS) is 10.5. The van der Waals surface area contributed by atoms with Crippen molar-refractivity contribution >= 4 is 21.9 Å². The Morgan fingerprint density at radius 3 is 2.88 bits per heavy atom. The van der Waals surface area contributed by atoms with Gasteiger partial charge >= 0.3 is 5.97 Å². The summed E-state index contributed by atoms with van der Waals surface area (Å²) in [5, 5.41) is 19.2. The maximum Gasteiger partial charge on any atom is 0.325 e. The molecule has 0 aliphatic heterocycles. The van der Waals surface area contributed by atoms with Crippen LogP contribution in [0.5, 0.6) is 0 Å². The Bertz CT molecular complexity index is 552. The van der Waals surface area contributed by atoms with Crippen LogP contribution in [0.2, 0.25) is 0 Å². The van der Waals surface area contributed by atoms with E-state index in [1.807, 2.05) is 0 Å². The predicted molar refractivity (Wildman–Crippen MR) is 58.5 cm³/mol. The second kappa shape index (κ2) is 4.58. The molecule has 0 atom stereocenters. The van der Waals surface area contributed by atoms with Gasteiger partial charge in [-0.2, -0.15) is 0 Å². The SMILES string of the molecule is O=C(O)Cn1nnnc1-c1cc(F)cc(Br)c1. The van der Waals surface area contributed by atoms with Gasteiger partial charge in [0.1, 0.15) is 12.4 Å². The molecule has 0 unspecified atom stereocenters. The van der Waals surface area contributed by atoms with E-state index in [1.54, 1.807) is 6.07 Å². The largest absolute Gasteiger partial charge is 0.480 e. The van der Waals surface area contributed by atoms with Gasteiger partial charge in [0.15, 0.2) is 5.82 Å². The molecule has 1 aromatic heterocycles. The molecule has 1 aromatic carbocycles. The zero-order valence-electron chi connectivity index (χ0n) is 8.34. The standard InChI is InChI=1S/C9H6BrFN4O2/c10-6-1-5(2-7(11)3-6)9-12-13-14-15(9)4-8(16)17/h1-3H,4H2,(H,16,17). The summed E-state index contributed by atoms with van der Waals surface area (Å²) in [4.78, 5) is 10.6. The van der Waals surface area contributed by atoms with Gasteiger partial charge in [-0.05, 0) is 28.6 Å². The maximum absolute atomic E-state index is 13.2. The van der Waals surface area contributed by atoms with Crippen LogP contribution in [0.4, 0.5) is 4.39 Å². The second-order valence-corrected chi connectivity index (χ2v) is 4.13. The van der Waals surface area contributed by atoms with Crippen molar-refractivity contribution in [3.05, 3.63) is 28.5 Å². The molecule has 0 aliphatic carbocycles. The molecular formula is C9H6BrFN4O2. The van der Waals surface area contributed by atoms with E-state index >= 15 is 0 Å². The Morgan fingerprint density at radius 1 is 1.47 bits per heavy atom. The van der Waals surface area contributed by atoms with Crippen LogP contribution in [0.25, 0.3) is 11.4 Å². The van der Waals surface area contributed by atoms with Crippen LogP contribution in [-0.4, -0.2) is 31.3 Å². The topological polar surface area (TPSA) is 80.9 Å². The van der Waals surface area contributed by atoms with Crippen molar-refractivity contribution in [1.29, 1.82) is 0 Å². The van der Waals surface area contributed by atoms with E-state index in [0.29, 0.717) is 10.0 Å². The molecule has 0 radical (unpaired) electrons. The number of nitrogens with zero attached hydrogens (tertiary/aromatic N) is 4. The number of carbonyl (C=O) groups is 1. The van der Waals surface area contributed by atoms with Gasteiger partial charge in [0, 0.05) is 10.0 Å². The summed E-state index contributed by atoms with van der Waals surface area (Å²) in [6, 6.07) is 4.12. The molecule has 1 heterocycles. The van der Waals surface area contributed by atoms with Crippen molar-refractivity contribution in [2.45, 2.75) is 6.54 Å². The number of tetrazole rings is 1. The lowest BCUT2D eigenvalue weighted by molar-refractivity contribution is -0.137. The first-order valence-electron chi connectivity index (χ1n) is 4.50. The van der Waals surface area contributed by atoms with Gasteiger partial charge in [-0.1, -0.05) is 15.9 Å². The summed E-state index contributed by atoms with van der Waals surface area (Å²) in [6.45, 7) is -0.379. The lowest BCUT2D eigenvalue weighted by Crippen LogP contribution is -2.11. The summed E-state index contributed by atoms with van der Waals surface area (Å²) in [5.74, 6) is -1.33. The van der Waals surface area contributed by atoms with Gasteiger partial charge in [-0.25, -0.2) is 9.07 Å². The molecule has 0 saturated carbocycles. The molecule has 0 aliphatic rings. The number of halogens is 2. The third-order valence-corrected chi connectivity index (χ3v) is 2.40. The molecule has 2 aromatic rings. The van der Waals surface area contributed by atoms with Crippen molar-refractivity contribution < 1.29 is 14.3 Å². The van der Waals surface area contributed by atoms with E-state index < -0.39 is 11.8 Å². The summed E-state index contributed by atoms with van der Waals surface area (Å²) in [6.07, 6.45) is 0. The molecule has 0 saturated heterocycles. The summed E-state index contributed by atoms with van der Waals surface area (Å²) in [5.41, 5.74) is 0.406. The molecule has 2 rings (SSSR count). The third kappa shape index (κ3) is 2.64. The van der Waals surface area contributed by atoms with E-state index in [4.69, 9.17) is 5.11 Å². The number of carboxylic acids is 1. The van der Waals surface area contributed by atoms with Crippen LogP contribution < -0.4 is 0 Å². The average Bonchev–Trinajstić information content (AvgIpc) is 2.63. The summed E-state index contributed by atoms with van der Waals surface area (Å²) < 4.78 is 14.8. The van der Waals surface area contributed by atoms with Crippen LogP contribution in [0.3, 0.4) is 0 Å². The minimum absolute atomic E-state index is 0.201. The molecule has 6 nitrogen and oxygen atoms in total. The zero-order valence-corrected chi connectivity index (χ0v) is 9.93. The molecular weight excluding hydrogens is 295 g/mol. The van der Waals surface area contributed by atoms with Gasteiger partial charge in [-0.15, -0.1) is 5.10 Å². The van der Waals surface area contributed by atoms with Gasteiger partial charge < -0.3 is 5.11 Å². The number of aliphatic carboxylic acids is 1. The third-order valence-electron chi connectivity index (χ3n) is 1.94. The van der Waals surface area contributed by atoms with E-state index in [9.17, 15) is 9.18 Å². The first kappa shape index (κ1) is 11.6. The van der Waals surface area contributed by atoms with Crippen LogP contribution in [0.15, 0.2) is 22.7 Å². The van der Waals surface area contributed by atoms with Crippen LogP contribution >= 0.6 is 15.9 Å². The lowest BCUT2D eigenvalue weighted by atomic mass is 10.2. The number of aromatic nitrogens is 4. The first-order valence-corrected chi connectivity index (χ1v) is 5.30. The minimum atomic E-state index is -1.07. The average molecular weight is 301 g/mol. The van der Waals surface area contributed by atoms with Gasteiger partial charge in [0.2, 0.25) is 0 Å². The van der Waals surface area contributed by atoms with Gasteiger partial charge in [0.25, 0.3) is 0 Å². The number of benzene rings is 1. The zero-order chi connectivity index (χ0) is 12.4. The van der Waals surface area contributed by atoms with Crippen molar-refractivity contribution in [1.82, 2.24) is 20.2 Å². The van der Waals surface area contributed by atoms with E-state index in [-0.39, 0.29) is 12.4 Å². The Morgan fingerprint density at radius 2 is 2.24 bits per heavy atom. The molecule has 0 spiro atoms. The van der Waals surface area contributed by atoms with Crippen molar-refractivity contribution in [3.8, 4) is 11.4 Å². The fourth-order valence-electron chi connectivity index (χ4n) is 1.33. The quantitative estimate of drug-likeness (QED) is 0.925. The van der Waals surface area contributed by atoms with Crippen LogP contribution in [-0.2, 0) is 11.3 Å². The minimum Gasteiger partial charge on any atom is -0.480 e. The van der Waals surface area contributed by atoms with Gasteiger partial charge in [0.05, 0.1) is 0 Å². The summed E-state index contributed by atoms with van der Waals surface area (Å²) >= 11 is 3.14. The Balaban J connectivity index is 2.45. The van der Waals surface area contributed by atoms with Crippen molar-refractivity contribution in [2.24, 2.45) is 0 Å². The number of hydrogen-bond acceptors (Lipinski definition) is 4. The van der Waals surface area contributed by atoms with E-state index in [1.165, 1.54) is 12.1 Å². The first-order chi connectivity index (χ1) is 8.06. The Labute approximate surface area is 103 Å². The van der Waals surface area contributed by atoms with Crippen molar-refractivity contribution in [2.75, 3.05) is 0 Å². The van der Waals surface area contributed by atoms with Crippen LogP contribution in [0, 0.1) is 5.82 Å². The van der Waals surface area contributed by atoms with Crippen LogP contribution in [0.1, 0.15) is 0 Å². The highest BCUT2D eigenvalue weighted by Gasteiger charge is 2.12. The number of hydrogen-bond donors (Lipinski definition) is 1. The molecule has 0 fully saturated rings. The fraction of sp³-hybridized carbons (Fsp3) is 0.111. The smallest absolute Gasteiger partial charge is 0.325 e. The molecule has 0 amide bonds. The highest BCUT2D eigenvalue weighted by atomic mass is 79.9. The molecule has 1 N–H and O–H groups in total. The monoisotopic (exact) mass is 300 g/mol. The fourth-order valence-corrected chi connectivity index (χ4v) is 1.79. The molecule has 0 bridgehead atoms. The molecule has 17 heavy (non-hydrogen) atoms. The van der Waals surface area contributed by atoms with E-state index in [2.05, 4.69) is 31.5 Å². The van der Waals surface area contributed by atoms with Gasteiger partial charge in [-0.3, -0.25) is 4.79 Å². The van der Waals surface area contributed by atoms with Crippen molar-refractivity contribution in [3.63, 3.8) is 0 Å². The Hall–Kier alpha value is -1.83. The number of rotatable bonds is 3. The number of carboxylic acid groups (broad SMARTS) is 1. The van der Waals surface area contributed by atoms with E-state index in [0.717, 1.165) is 4.68 Å². The molecule has 88 valence electrons. The highest BCUT2D eigenvalue weighted by molar-refractivity contribution is 9.10. The molecule has 8 heteroatoms. The second-order valence-electron chi connectivity index (χ2n) is 3.21. The predicted octanol–water partition coefficient (Wildman–Crippen LogP) is 1.33. The summed E-state index contributed by atoms with van der Waals surface area (Å²) in [7, 11) is 0. The lowest BCUT2D eigenvalue weighted by Gasteiger charge is -2.02. The maximum atomic E-state index is 13.2. The highest BCUT2D eigenvalue weighted by Crippen LogP contribution is 2.22. The Kier molecular flexibility index (Phi) is 3.14.